The Balaban J connectivity index is 1.99. The summed E-state index contributed by atoms with van der Waals surface area (Å²) in [7, 11) is 1.93. The van der Waals surface area contributed by atoms with Crippen LogP contribution < -0.4 is 5.32 Å². The second kappa shape index (κ2) is 4.67. The van der Waals surface area contributed by atoms with Gasteiger partial charge in [-0.15, -0.1) is 0 Å². The summed E-state index contributed by atoms with van der Waals surface area (Å²) < 4.78 is 6.08. The van der Waals surface area contributed by atoms with Crippen LogP contribution in [0.5, 0.6) is 0 Å². The normalized spacial score (nSPS) is 11.1. The Labute approximate surface area is 123 Å². The number of hydrogen-bond donors (Lipinski definition) is 1. The predicted molar refractivity (Wildman–Crippen MR) is 88.7 cm³/mol. The van der Waals surface area contributed by atoms with Gasteiger partial charge in [0.1, 0.15) is 11.2 Å². The van der Waals surface area contributed by atoms with Gasteiger partial charge in [-0.3, -0.25) is 0 Å². The molecule has 2 nitrogen and oxygen atoms in total. The molecule has 1 aromatic heterocycles. The summed E-state index contributed by atoms with van der Waals surface area (Å²) >= 11 is 0. The fourth-order valence-corrected chi connectivity index (χ4v) is 2.79. The molecule has 0 fully saturated rings. The van der Waals surface area contributed by atoms with Gasteiger partial charge in [-0.25, -0.2) is 0 Å². The Bertz CT molecular complexity index is 919. The summed E-state index contributed by atoms with van der Waals surface area (Å²) in [4.78, 5) is 0. The van der Waals surface area contributed by atoms with E-state index < -0.39 is 0 Å². The Morgan fingerprint density at radius 3 is 2.33 bits per heavy atom. The summed E-state index contributed by atoms with van der Waals surface area (Å²) in [5, 5.41) is 5.48. The first kappa shape index (κ1) is 12.0. The number of furan rings is 1. The molecule has 0 radical (unpaired) electrons. The number of anilines is 1. The lowest BCUT2D eigenvalue weighted by molar-refractivity contribution is 0.670. The van der Waals surface area contributed by atoms with Gasteiger partial charge in [0.15, 0.2) is 0 Å². The van der Waals surface area contributed by atoms with Crippen molar-refractivity contribution in [2.24, 2.45) is 0 Å². The van der Waals surface area contributed by atoms with Crippen LogP contribution >= 0.6 is 0 Å². The fraction of sp³-hybridized carbons (Fsp3) is 0.0526. The molecule has 4 rings (SSSR count). The minimum atomic E-state index is 0.937. The average molecular weight is 273 g/mol. The quantitative estimate of drug-likeness (QED) is 0.536. The van der Waals surface area contributed by atoms with E-state index in [1.165, 1.54) is 16.3 Å². The number of fused-ring (bicyclic) bond motifs is 3. The monoisotopic (exact) mass is 273 g/mol. The van der Waals surface area contributed by atoms with Gasteiger partial charge in [-0.2, -0.15) is 0 Å². The van der Waals surface area contributed by atoms with E-state index in [0.717, 1.165) is 22.4 Å². The Kier molecular flexibility index (Phi) is 2.68. The van der Waals surface area contributed by atoms with Gasteiger partial charge in [0, 0.05) is 29.1 Å². The summed E-state index contributed by atoms with van der Waals surface area (Å²) in [6, 6.07) is 22.9. The van der Waals surface area contributed by atoms with Gasteiger partial charge in [-0.05, 0) is 23.8 Å². The Morgan fingerprint density at radius 2 is 1.52 bits per heavy atom. The zero-order valence-corrected chi connectivity index (χ0v) is 11.8. The zero-order chi connectivity index (χ0) is 14.2. The molecule has 0 atom stereocenters. The third-order valence-corrected chi connectivity index (χ3v) is 3.89. The average Bonchev–Trinajstić information content (AvgIpc) is 2.94. The maximum Gasteiger partial charge on any atom is 0.143 e. The van der Waals surface area contributed by atoms with Crippen molar-refractivity contribution in [1.29, 1.82) is 0 Å². The third kappa shape index (κ3) is 1.88. The molecule has 0 unspecified atom stereocenters. The fourth-order valence-electron chi connectivity index (χ4n) is 2.79. The maximum absolute atomic E-state index is 6.08. The van der Waals surface area contributed by atoms with Crippen LogP contribution in [-0.4, -0.2) is 7.05 Å². The van der Waals surface area contributed by atoms with Crippen LogP contribution in [-0.2, 0) is 0 Å². The van der Waals surface area contributed by atoms with Gasteiger partial charge in [0.2, 0.25) is 0 Å². The van der Waals surface area contributed by atoms with Crippen molar-refractivity contribution in [3.05, 3.63) is 66.7 Å². The molecule has 3 aromatic carbocycles. The molecule has 0 aliphatic carbocycles. The lowest BCUT2D eigenvalue weighted by atomic mass is 10.0. The van der Waals surface area contributed by atoms with E-state index in [1.54, 1.807) is 0 Å². The second-order valence-corrected chi connectivity index (χ2v) is 5.11. The largest absolute Gasteiger partial charge is 0.455 e. The Hall–Kier alpha value is -2.74. The van der Waals surface area contributed by atoms with Crippen molar-refractivity contribution in [3.8, 4) is 11.1 Å². The molecule has 4 aromatic rings. The van der Waals surface area contributed by atoms with E-state index >= 15 is 0 Å². The van der Waals surface area contributed by atoms with Crippen molar-refractivity contribution < 1.29 is 4.42 Å². The molecule has 0 amide bonds. The SMILES string of the molecule is CNc1ccc(-c2cccc3c2oc2ccccc23)cc1. The highest BCUT2D eigenvalue weighted by molar-refractivity contribution is 6.09. The van der Waals surface area contributed by atoms with Crippen LogP contribution in [0.25, 0.3) is 33.1 Å². The maximum atomic E-state index is 6.08. The summed E-state index contributed by atoms with van der Waals surface area (Å²) in [6.07, 6.45) is 0. The number of nitrogens with one attached hydrogen (secondary N) is 1. The van der Waals surface area contributed by atoms with Gasteiger partial charge >= 0.3 is 0 Å². The molecule has 0 spiro atoms. The van der Waals surface area contributed by atoms with Gasteiger partial charge < -0.3 is 9.73 Å². The highest BCUT2D eigenvalue weighted by Crippen LogP contribution is 2.35. The van der Waals surface area contributed by atoms with Gasteiger partial charge in [-0.1, -0.05) is 48.5 Å². The van der Waals surface area contributed by atoms with E-state index in [9.17, 15) is 0 Å². The van der Waals surface area contributed by atoms with Crippen molar-refractivity contribution in [2.45, 2.75) is 0 Å². The number of benzene rings is 3. The van der Waals surface area contributed by atoms with E-state index in [0.29, 0.717) is 0 Å². The molecular weight excluding hydrogens is 258 g/mol. The molecule has 0 aliphatic rings. The minimum Gasteiger partial charge on any atom is -0.455 e. The van der Waals surface area contributed by atoms with Crippen molar-refractivity contribution in [1.82, 2.24) is 0 Å². The van der Waals surface area contributed by atoms with E-state index in [2.05, 4.69) is 53.8 Å². The van der Waals surface area contributed by atoms with Crippen LogP contribution in [0.4, 0.5) is 5.69 Å². The van der Waals surface area contributed by atoms with E-state index in [1.807, 2.05) is 25.2 Å². The van der Waals surface area contributed by atoms with Gasteiger partial charge in [0.05, 0.1) is 0 Å². The summed E-state index contributed by atoms with van der Waals surface area (Å²) in [5.74, 6) is 0. The predicted octanol–water partition coefficient (Wildman–Crippen LogP) is 5.29. The van der Waals surface area contributed by atoms with E-state index in [4.69, 9.17) is 4.42 Å². The first-order valence-corrected chi connectivity index (χ1v) is 7.05. The molecule has 1 N–H and O–H groups in total. The zero-order valence-electron chi connectivity index (χ0n) is 11.8. The van der Waals surface area contributed by atoms with Crippen LogP contribution in [0.2, 0.25) is 0 Å². The van der Waals surface area contributed by atoms with Crippen LogP contribution in [0.3, 0.4) is 0 Å². The van der Waals surface area contributed by atoms with Gasteiger partial charge in [0.25, 0.3) is 0 Å². The van der Waals surface area contributed by atoms with Crippen LogP contribution in [0, 0.1) is 0 Å². The number of para-hydroxylation sites is 2. The first-order chi connectivity index (χ1) is 10.4. The van der Waals surface area contributed by atoms with Crippen LogP contribution in [0.1, 0.15) is 0 Å². The van der Waals surface area contributed by atoms with Crippen molar-refractivity contribution >= 4 is 27.6 Å². The molecule has 2 heteroatoms. The minimum absolute atomic E-state index is 0.937. The molecule has 21 heavy (non-hydrogen) atoms. The van der Waals surface area contributed by atoms with Crippen LogP contribution in [0.15, 0.2) is 71.1 Å². The molecule has 102 valence electrons. The summed E-state index contributed by atoms with van der Waals surface area (Å²) in [6.45, 7) is 0. The standard InChI is InChI=1S/C19H15NO/c1-20-14-11-9-13(10-12-14)15-6-4-7-17-16-5-2-3-8-18(16)21-19(15)17/h2-12,20H,1H3. The topological polar surface area (TPSA) is 25.2 Å². The second-order valence-electron chi connectivity index (χ2n) is 5.11. The first-order valence-electron chi connectivity index (χ1n) is 7.05. The van der Waals surface area contributed by atoms with E-state index in [-0.39, 0.29) is 0 Å². The molecule has 0 aliphatic heterocycles. The lowest BCUT2D eigenvalue weighted by Crippen LogP contribution is -1.87. The molecular formula is C19H15NO. The van der Waals surface area contributed by atoms with Crippen molar-refractivity contribution in [3.63, 3.8) is 0 Å². The molecule has 1 heterocycles. The number of hydrogen-bond acceptors (Lipinski definition) is 2. The molecule has 0 saturated carbocycles. The highest BCUT2D eigenvalue weighted by Gasteiger charge is 2.11. The number of rotatable bonds is 2. The highest BCUT2D eigenvalue weighted by atomic mass is 16.3. The lowest BCUT2D eigenvalue weighted by Gasteiger charge is -2.04. The summed E-state index contributed by atoms with van der Waals surface area (Å²) in [5.41, 5.74) is 5.29. The molecule has 0 bridgehead atoms. The smallest absolute Gasteiger partial charge is 0.143 e. The van der Waals surface area contributed by atoms with Crippen molar-refractivity contribution in [2.75, 3.05) is 12.4 Å². The third-order valence-electron chi connectivity index (χ3n) is 3.89. The molecule has 0 saturated heterocycles. The Morgan fingerprint density at radius 1 is 0.762 bits per heavy atom.